The van der Waals surface area contributed by atoms with Crippen molar-refractivity contribution in [2.45, 2.75) is 64.7 Å². The number of rotatable bonds is 10. The van der Waals surface area contributed by atoms with Gasteiger partial charge in [-0.15, -0.1) is 0 Å². The lowest BCUT2D eigenvalue weighted by molar-refractivity contribution is -0.161. The van der Waals surface area contributed by atoms with E-state index >= 15 is 0 Å². The van der Waals surface area contributed by atoms with Gasteiger partial charge in [0.1, 0.15) is 23.9 Å². The highest BCUT2D eigenvalue weighted by Gasteiger charge is 2.31. The molecule has 1 atom stereocenters. The van der Waals surface area contributed by atoms with Gasteiger partial charge < -0.3 is 24.6 Å². The van der Waals surface area contributed by atoms with E-state index in [2.05, 4.69) is 5.32 Å². The molecule has 1 aliphatic carbocycles. The first-order chi connectivity index (χ1) is 18.6. The standard InChI is InChI=1S/C30H38N2O8/c1-29(2,3)39-25(33)16-32(17-26(34)40-30(4,5)6)15-24(27(35)36)31-28(37)38-18-23-21-13-9-7-11-19(21)20-12-8-10-14-22(20)23/h7-14,23-24H,15-18H2,1-6H3,(H,31,37)(H,35,36)/t24-/m0/s1. The van der Waals surface area contributed by atoms with Crippen LogP contribution < -0.4 is 5.32 Å². The number of carbonyl (C=O) groups excluding carboxylic acids is 3. The van der Waals surface area contributed by atoms with Crippen molar-refractivity contribution in [1.29, 1.82) is 0 Å². The molecule has 2 aromatic carbocycles. The van der Waals surface area contributed by atoms with E-state index in [0.29, 0.717) is 0 Å². The summed E-state index contributed by atoms with van der Waals surface area (Å²) in [6.45, 7) is 9.06. The highest BCUT2D eigenvalue weighted by Crippen LogP contribution is 2.44. The van der Waals surface area contributed by atoms with Gasteiger partial charge in [0.05, 0.1) is 13.1 Å². The maximum absolute atomic E-state index is 12.7. The summed E-state index contributed by atoms with van der Waals surface area (Å²) in [7, 11) is 0. The number of fused-ring (bicyclic) bond motifs is 3. The summed E-state index contributed by atoms with van der Waals surface area (Å²) in [6, 6.07) is 14.2. The van der Waals surface area contributed by atoms with E-state index in [1.807, 2.05) is 48.5 Å². The maximum Gasteiger partial charge on any atom is 0.407 e. The highest BCUT2D eigenvalue weighted by molar-refractivity contribution is 5.82. The lowest BCUT2D eigenvalue weighted by Crippen LogP contribution is -2.51. The first-order valence-electron chi connectivity index (χ1n) is 13.1. The van der Waals surface area contributed by atoms with Crippen LogP contribution in [0.5, 0.6) is 0 Å². The summed E-state index contributed by atoms with van der Waals surface area (Å²) in [5.41, 5.74) is 2.62. The third kappa shape index (κ3) is 8.81. The number of esters is 2. The molecule has 1 amide bonds. The number of hydrogen-bond donors (Lipinski definition) is 2. The summed E-state index contributed by atoms with van der Waals surface area (Å²) in [5, 5.41) is 12.2. The van der Waals surface area contributed by atoms with Crippen molar-refractivity contribution in [2.75, 3.05) is 26.2 Å². The number of amides is 1. The molecule has 0 bridgehead atoms. The molecule has 0 radical (unpaired) electrons. The molecule has 216 valence electrons. The highest BCUT2D eigenvalue weighted by atomic mass is 16.6. The number of benzene rings is 2. The van der Waals surface area contributed by atoms with E-state index in [9.17, 15) is 24.3 Å². The molecule has 1 aliphatic rings. The number of alkyl carbamates (subject to hydrolysis) is 1. The van der Waals surface area contributed by atoms with Crippen molar-refractivity contribution in [2.24, 2.45) is 0 Å². The molecular weight excluding hydrogens is 516 g/mol. The molecule has 0 heterocycles. The Morgan fingerprint density at radius 3 is 1.70 bits per heavy atom. The monoisotopic (exact) mass is 554 g/mol. The van der Waals surface area contributed by atoms with E-state index in [1.54, 1.807) is 41.5 Å². The van der Waals surface area contributed by atoms with Crippen molar-refractivity contribution in [1.82, 2.24) is 10.2 Å². The molecule has 0 unspecified atom stereocenters. The molecule has 0 saturated heterocycles. The van der Waals surface area contributed by atoms with E-state index in [1.165, 1.54) is 4.90 Å². The largest absolute Gasteiger partial charge is 0.480 e. The van der Waals surface area contributed by atoms with Crippen LogP contribution >= 0.6 is 0 Å². The first kappa shape index (κ1) is 30.6. The molecule has 10 heteroatoms. The number of carboxylic acid groups (broad SMARTS) is 1. The van der Waals surface area contributed by atoms with Gasteiger partial charge in [0.2, 0.25) is 0 Å². The molecular formula is C30H38N2O8. The Labute approximate surface area is 234 Å². The predicted molar refractivity (Wildman–Crippen MR) is 148 cm³/mol. The SMILES string of the molecule is CC(C)(C)OC(=O)CN(CC(=O)OC(C)(C)C)C[C@H](NC(=O)OCC1c2ccccc2-c2ccccc21)C(=O)O. The molecule has 0 saturated carbocycles. The van der Waals surface area contributed by atoms with Crippen molar-refractivity contribution in [3.05, 3.63) is 59.7 Å². The fourth-order valence-corrected chi connectivity index (χ4v) is 4.52. The van der Waals surface area contributed by atoms with Crippen molar-refractivity contribution < 1.29 is 38.5 Å². The van der Waals surface area contributed by atoms with Crippen molar-refractivity contribution >= 4 is 24.0 Å². The number of ether oxygens (including phenoxy) is 3. The second kappa shape index (κ2) is 12.5. The van der Waals surface area contributed by atoms with Crippen LogP contribution in [0.15, 0.2) is 48.5 Å². The van der Waals surface area contributed by atoms with E-state index < -0.39 is 41.2 Å². The quantitative estimate of drug-likeness (QED) is 0.331. The second-order valence-electron chi connectivity index (χ2n) is 11.7. The van der Waals surface area contributed by atoms with E-state index in [-0.39, 0.29) is 32.2 Å². The van der Waals surface area contributed by atoms with Crippen molar-refractivity contribution in [3.8, 4) is 11.1 Å². The molecule has 0 spiro atoms. The van der Waals surface area contributed by atoms with Crippen LogP contribution in [0.25, 0.3) is 11.1 Å². The maximum atomic E-state index is 12.7. The normalized spacial score (nSPS) is 13.7. The summed E-state index contributed by atoms with van der Waals surface area (Å²) < 4.78 is 16.1. The topological polar surface area (TPSA) is 131 Å². The van der Waals surface area contributed by atoms with Crippen LogP contribution in [0.4, 0.5) is 4.79 Å². The lowest BCUT2D eigenvalue weighted by atomic mass is 9.98. The Morgan fingerprint density at radius 1 is 0.825 bits per heavy atom. The minimum Gasteiger partial charge on any atom is -0.480 e. The lowest BCUT2D eigenvalue weighted by Gasteiger charge is -2.28. The van der Waals surface area contributed by atoms with Gasteiger partial charge in [-0.2, -0.15) is 0 Å². The Hall–Kier alpha value is -3.92. The number of carbonyl (C=O) groups is 4. The fourth-order valence-electron chi connectivity index (χ4n) is 4.52. The van der Waals surface area contributed by atoms with Gasteiger partial charge in [-0.1, -0.05) is 48.5 Å². The zero-order valence-corrected chi connectivity index (χ0v) is 23.9. The Balaban J connectivity index is 1.68. The number of aliphatic carboxylic acids is 1. The third-order valence-corrected chi connectivity index (χ3v) is 5.92. The minimum atomic E-state index is -1.47. The molecule has 0 aromatic heterocycles. The number of hydrogen-bond acceptors (Lipinski definition) is 8. The zero-order valence-electron chi connectivity index (χ0n) is 23.9. The van der Waals surface area contributed by atoms with Crippen LogP contribution in [-0.2, 0) is 28.6 Å². The van der Waals surface area contributed by atoms with Crippen LogP contribution in [0.3, 0.4) is 0 Å². The van der Waals surface area contributed by atoms with Gasteiger partial charge in [-0.05, 0) is 63.8 Å². The predicted octanol–water partition coefficient (Wildman–Crippen LogP) is 3.96. The second-order valence-corrected chi connectivity index (χ2v) is 11.7. The van der Waals surface area contributed by atoms with Gasteiger partial charge in [-0.3, -0.25) is 14.5 Å². The molecule has 2 aromatic rings. The zero-order chi connectivity index (χ0) is 29.7. The van der Waals surface area contributed by atoms with Crippen molar-refractivity contribution in [3.63, 3.8) is 0 Å². The smallest absolute Gasteiger partial charge is 0.407 e. The molecule has 40 heavy (non-hydrogen) atoms. The summed E-state index contributed by atoms with van der Waals surface area (Å²) in [6.07, 6.45) is -0.927. The molecule has 10 nitrogen and oxygen atoms in total. The fraction of sp³-hybridized carbons (Fsp3) is 0.467. The number of nitrogens with zero attached hydrogens (tertiary/aromatic N) is 1. The Bertz CT molecular complexity index is 1170. The third-order valence-electron chi connectivity index (χ3n) is 5.92. The Morgan fingerprint density at radius 2 is 1.27 bits per heavy atom. The Kier molecular flexibility index (Phi) is 9.57. The number of nitrogens with one attached hydrogen (secondary N) is 1. The summed E-state index contributed by atoms with van der Waals surface area (Å²) >= 11 is 0. The summed E-state index contributed by atoms with van der Waals surface area (Å²) in [5.74, 6) is -2.85. The summed E-state index contributed by atoms with van der Waals surface area (Å²) in [4.78, 5) is 51.0. The van der Waals surface area contributed by atoms with Crippen LogP contribution in [0.2, 0.25) is 0 Å². The van der Waals surface area contributed by atoms with Gasteiger partial charge >= 0.3 is 24.0 Å². The molecule has 0 aliphatic heterocycles. The van der Waals surface area contributed by atoms with Gasteiger partial charge in [-0.25, -0.2) is 9.59 Å². The average Bonchev–Trinajstić information content (AvgIpc) is 3.13. The van der Waals surface area contributed by atoms with Crippen LogP contribution in [0.1, 0.15) is 58.6 Å². The van der Waals surface area contributed by atoms with Crippen LogP contribution in [-0.4, -0.2) is 77.5 Å². The van der Waals surface area contributed by atoms with E-state index in [0.717, 1.165) is 22.3 Å². The van der Waals surface area contributed by atoms with Gasteiger partial charge in [0, 0.05) is 12.5 Å². The van der Waals surface area contributed by atoms with Gasteiger partial charge in [0.25, 0.3) is 0 Å². The van der Waals surface area contributed by atoms with Crippen LogP contribution in [0, 0.1) is 0 Å². The minimum absolute atomic E-state index is 0.00568. The van der Waals surface area contributed by atoms with Gasteiger partial charge in [0.15, 0.2) is 0 Å². The average molecular weight is 555 g/mol. The number of carboxylic acids is 1. The van der Waals surface area contributed by atoms with E-state index in [4.69, 9.17) is 14.2 Å². The molecule has 3 rings (SSSR count). The first-order valence-corrected chi connectivity index (χ1v) is 13.1. The molecule has 2 N–H and O–H groups in total. The molecule has 0 fully saturated rings.